The van der Waals surface area contributed by atoms with Gasteiger partial charge >= 0.3 is 5.97 Å². The van der Waals surface area contributed by atoms with Crippen LogP contribution in [-0.4, -0.2) is 54.9 Å². The predicted octanol–water partition coefficient (Wildman–Crippen LogP) is 5.62. The van der Waals surface area contributed by atoms with Gasteiger partial charge in [0.05, 0.1) is 0 Å². The lowest BCUT2D eigenvalue weighted by molar-refractivity contribution is -0.134. The monoisotopic (exact) mass is 490 g/mol. The van der Waals surface area contributed by atoms with E-state index >= 15 is 0 Å². The Morgan fingerprint density at radius 1 is 1.06 bits per heavy atom. The molecule has 1 aliphatic heterocycles. The molecule has 1 saturated heterocycles. The van der Waals surface area contributed by atoms with Gasteiger partial charge in [0.15, 0.2) is 0 Å². The first-order valence-electron chi connectivity index (χ1n) is 13.6. The van der Waals surface area contributed by atoms with Crippen LogP contribution in [0, 0.1) is 5.92 Å². The Balaban J connectivity index is 1.39. The molecule has 0 N–H and O–H groups in total. The van der Waals surface area contributed by atoms with E-state index in [9.17, 15) is 9.59 Å². The molecule has 1 saturated carbocycles. The molecule has 2 fully saturated rings. The highest BCUT2D eigenvalue weighted by molar-refractivity contribution is 5.76. The molecule has 1 heterocycles. The van der Waals surface area contributed by atoms with Gasteiger partial charge in [0.2, 0.25) is 5.91 Å². The number of hydrogen-bond donors (Lipinski definition) is 0. The van der Waals surface area contributed by atoms with Crippen molar-refractivity contribution in [1.29, 1.82) is 0 Å². The van der Waals surface area contributed by atoms with E-state index in [0.29, 0.717) is 18.1 Å². The van der Waals surface area contributed by atoms with Crippen molar-refractivity contribution in [3.8, 4) is 5.75 Å². The SMILES string of the molecule is CC(=O)Oc1cccc(C23CCN(C)CC2CCC(N(C)C(=O)CCCCCc2ccccc2)C3)c1. The maximum Gasteiger partial charge on any atom is 0.308 e. The first-order valence-corrected chi connectivity index (χ1v) is 13.6. The third-order valence-corrected chi connectivity index (χ3v) is 8.51. The summed E-state index contributed by atoms with van der Waals surface area (Å²) in [5.41, 5.74) is 2.64. The molecule has 4 rings (SSSR count). The van der Waals surface area contributed by atoms with E-state index in [-0.39, 0.29) is 23.3 Å². The average molecular weight is 491 g/mol. The number of benzene rings is 2. The second kappa shape index (κ2) is 12.1. The number of amides is 1. The maximum absolute atomic E-state index is 13.2. The molecule has 0 spiro atoms. The van der Waals surface area contributed by atoms with Crippen LogP contribution >= 0.6 is 0 Å². The molecule has 2 aromatic rings. The largest absolute Gasteiger partial charge is 0.427 e. The summed E-state index contributed by atoms with van der Waals surface area (Å²) in [6.45, 7) is 3.56. The van der Waals surface area contributed by atoms with Gasteiger partial charge in [0, 0.05) is 38.4 Å². The third kappa shape index (κ3) is 6.36. The zero-order valence-electron chi connectivity index (χ0n) is 22.2. The number of carbonyl (C=O) groups is 2. The number of unbranched alkanes of at least 4 members (excludes halogenated alkanes) is 2. The van der Waals surface area contributed by atoms with Gasteiger partial charge in [-0.05, 0) is 87.7 Å². The maximum atomic E-state index is 13.2. The quantitative estimate of drug-likeness (QED) is 0.260. The van der Waals surface area contributed by atoms with Crippen LogP contribution in [-0.2, 0) is 21.4 Å². The van der Waals surface area contributed by atoms with Gasteiger partial charge in [-0.15, -0.1) is 0 Å². The van der Waals surface area contributed by atoms with Gasteiger partial charge in [-0.1, -0.05) is 48.9 Å². The summed E-state index contributed by atoms with van der Waals surface area (Å²) in [5.74, 6) is 1.14. The number of ether oxygens (including phenoxy) is 1. The van der Waals surface area contributed by atoms with Crippen molar-refractivity contribution in [3.05, 3.63) is 65.7 Å². The molecule has 3 unspecified atom stereocenters. The highest BCUT2D eigenvalue weighted by atomic mass is 16.5. The fourth-order valence-electron chi connectivity index (χ4n) is 6.46. The zero-order chi connectivity index (χ0) is 25.5. The lowest BCUT2D eigenvalue weighted by Gasteiger charge is -2.53. The Morgan fingerprint density at radius 3 is 2.64 bits per heavy atom. The molecular formula is C31H42N2O3. The van der Waals surface area contributed by atoms with Crippen molar-refractivity contribution in [2.45, 2.75) is 76.2 Å². The van der Waals surface area contributed by atoms with E-state index in [1.165, 1.54) is 18.1 Å². The van der Waals surface area contributed by atoms with Crippen molar-refractivity contribution in [3.63, 3.8) is 0 Å². The number of likely N-dealkylation sites (tertiary alicyclic amines) is 1. The van der Waals surface area contributed by atoms with Crippen molar-refractivity contribution in [2.24, 2.45) is 5.92 Å². The normalized spacial score (nSPS) is 24.1. The number of piperidine rings is 1. The van der Waals surface area contributed by atoms with Gasteiger partial charge < -0.3 is 14.5 Å². The molecule has 1 amide bonds. The minimum atomic E-state index is -0.291. The van der Waals surface area contributed by atoms with E-state index in [0.717, 1.165) is 64.5 Å². The number of carbonyl (C=O) groups excluding carboxylic acids is 2. The second-order valence-corrected chi connectivity index (χ2v) is 11.0. The van der Waals surface area contributed by atoms with Crippen LogP contribution in [0.2, 0.25) is 0 Å². The number of hydrogen-bond acceptors (Lipinski definition) is 4. The lowest BCUT2D eigenvalue weighted by atomic mass is 9.58. The standard InChI is InChI=1S/C31H42N2O3/c1-24(34)36-29-15-10-14-26(21-29)31-19-20-32(2)23-27(31)17-18-28(22-31)33(3)30(35)16-9-5-8-13-25-11-6-4-7-12-25/h4,6-7,10-12,14-15,21,27-28H,5,8-9,13,16-20,22-23H2,1-3H3. The van der Waals surface area contributed by atoms with Gasteiger partial charge in [0.1, 0.15) is 5.75 Å². The summed E-state index contributed by atoms with van der Waals surface area (Å²) < 4.78 is 5.43. The Labute approximate surface area is 216 Å². The van der Waals surface area contributed by atoms with E-state index < -0.39 is 0 Å². The van der Waals surface area contributed by atoms with E-state index in [1.807, 2.05) is 24.1 Å². The van der Waals surface area contributed by atoms with Crippen molar-refractivity contribution in [2.75, 3.05) is 27.2 Å². The van der Waals surface area contributed by atoms with Crippen molar-refractivity contribution in [1.82, 2.24) is 9.80 Å². The smallest absolute Gasteiger partial charge is 0.308 e. The number of nitrogens with zero attached hydrogens (tertiary/aromatic N) is 2. The molecule has 2 aromatic carbocycles. The zero-order valence-corrected chi connectivity index (χ0v) is 22.2. The summed E-state index contributed by atoms with van der Waals surface area (Å²) in [5, 5.41) is 0. The van der Waals surface area contributed by atoms with Crippen molar-refractivity contribution < 1.29 is 14.3 Å². The topological polar surface area (TPSA) is 49.9 Å². The molecular weight excluding hydrogens is 448 g/mol. The number of fused-ring (bicyclic) bond motifs is 1. The van der Waals surface area contributed by atoms with Crippen LogP contribution in [0.1, 0.15) is 69.4 Å². The Kier molecular flexibility index (Phi) is 8.84. The van der Waals surface area contributed by atoms with E-state index in [2.05, 4.69) is 54.4 Å². The Hall–Kier alpha value is -2.66. The summed E-state index contributed by atoms with van der Waals surface area (Å²) in [7, 11) is 4.22. The Morgan fingerprint density at radius 2 is 1.86 bits per heavy atom. The highest BCUT2D eigenvalue weighted by Crippen LogP contribution is 2.50. The van der Waals surface area contributed by atoms with Gasteiger partial charge in [-0.2, -0.15) is 0 Å². The number of esters is 1. The number of aryl methyl sites for hydroxylation is 1. The van der Waals surface area contributed by atoms with Crippen LogP contribution in [0.3, 0.4) is 0 Å². The summed E-state index contributed by atoms with van der Waals surface area (Å²) in [4.78, 5) is 29.2. The first kappa shape index (κ1) is 26.4. The lowest BCUT2D eigenvalue weighted by Crippen LogP contribution is -2.55. The molecule has 0 aromatic heterocycles. The van der Waals surface area contributed by atoms with E-state index in [4.69, 9.17) is 4.74 Å². The minimum absolute atomic E-state index is 0.00973. The third-order valence-electron chi connectivity index (χ3n) is 8.51. The Bertz CT molecular complexity index is 1020. The fraction of sp³-hybridized carbons (Fsp3) is 0.548. The van der Waals surface area contributed by atoms with Crippen LogP contribution in [0.4, 0.5) is 0 Å². The summed E-state index contributed by atoms with van der Waals surface area (Å²) >= 11 is 0. The molecule has 3 atom stereocenters. The molecule has 5 heteroatoms. The van der Waals surface area contributed by atoms with Crippen LogP contribution < -0.4 is 4.74 Å². The molecule has 2 aliphatic rings. The van der Waals surface area contributed by atoms with Crippen LogP contribution in [0.25, 0.3) is 0 Å². The highest BCUT2D eigenvalue weighted by Gasteiger charge is 2.48. The van der Waals surface area contributed by atoms with Crippen molar-refractivity contribution >= 4 is 11.9 Å². The van der Waals surface area contributed by atoms with E-state index in [1.54, 1.807) is 0 Å². The van der Waals surface area contributed by atoms with Crippen LogP contribution in [0.15, 0.2) is 54.6 Å². The minimum Gasteiger partial charge on any atom is -0.427 e. The second-order valence-electron chi connectivity index (χ2n) is 11.0. The molecule has 36 heavy (non-hydrogen) atoms. The van der Waals surface area contributed by atoms with Gasteiger partial charge in [0.25, 0.3) is 0 Å². The average Bonchev–Trinajstić information content (AvgIpc) is 2.88. The molecule has 1 aliphatic carbocycles. The summed E-state index contributed by atoms with van der Waals surface area (Å²) in [6.07, 6.45) is 9.08. The molecule has 0 bridgehead atoms. The molecule has 0 radical (unpaired) electrons. The number of rotatable bonds is 9. The fourth-order valence-corrected chi connectivity index (χ4v) is 6.46. The van der Waals surface area contributed by atoms with Gasteiger partial charge in [-0.3, -0.25) is 9.59 Å². The van der Waals surface area contributed by atoms with Gasteiger partial charge in [-0.25, -0.2) is 0 Å². The molecule has 194 valence electrons. The first-order chi connectivity index (χ1) is 17.4. The summed E-state index contributed by atoms with van der Waals surface area (Å²) in [6, 6.07) is 19.0. The van der Waals surface area contributed by atoms with Crippen LogP contribution in [0.5, 0.6) is 5.75 Å². The molecule has 5 nitrogen and oxygen atoms in total. The predicted molar refractivity (Wildman–Crippen MR) is 144 cm³/mol.